The van der Waals surface area contributed by atoms with E-state index in [9.17, 15) is 4.79 Å². The predicted octanol–water partition coefficient (Wildman–Crippen LogP) is 6.92. The molecule has 0 aliphatic heterocycles. The molecule has 1 N–H and O–H groups in total. The second-order valence-corrected chi connectivity index (χ2v) is 7.64. The minimum absolute atomic E-state index is 0. The summed E-state index contributed by atoms with van der Waals surface area (Å²) in [5, 5.41) is 9.47. The number of carbonyl (C=O) groups is 1. The Balaban J connectivity index is 0.000000398. The molecule has 0 saturated heterocycles. The molecule has 4 rings (SSSR count). The van der Waals surface area contributed by atoms with Crippen molar-refractivity contribution in [3.63, 3.8) is 0 Å². The van der Waals surface area contributed by atoms with Crippen LogP contribution in [0.5, 0.6) is 0 Å². The average Bonchev–Trinajstić information content (AvgIpc) is 3.03. The van der Waals surface area contributed by atoms with Crippen molar-refractivity contribution < 1.29 is 34.4 Å². The largest absolute Gasteiger partial charge is 0.512 e. The van der Waals surface area contributed by atoms with Crippen LogP contribution in [-0.2, 0) is 24.9 Å². The zero-order valence-corrected chi connectivity index (χ0v) is 21.2. The predicted molar refractivity (Wildman–Crippen MR) is 125 cm³/mol. The van der Waals surface area contributed by atoms with Gasteiger partial charge >= 0.3 is 0 Å². The van der Waals surface area contributed by atoms with E-state index in [1.165, 1.54) is 25.5 Å². The summed E-state index contributed by atoms with van der Waals surface area (Å²) in [5.74, 6) is 0.849. The molecule has 1 radical (unpaired) electrons. The number of aryl methyl sites for hydroxylation is 3. The standard InChI is InChI=1S/C22H18NO.C5H8O2.Ir/c1-14-9-15(2)11-18(10-14)20-12-19-16(3)22(24-21(19)13-23-20)17-7-5-4-6-8-17;1-4(6)3-5(2)7;/h4-10,12-13H,1-3H3;3,6H,1-2H3;/q-1;;/b;4-3-;. The molecule has 0 unspecified atom stereocenters. The van der Waals surface area contributed by atoms with Crippen LogP contribution >= 0.6 is 0 Å². The maximum absolute atomic E-state index is 10.0. The zero-order valence-electron chi connectivity index (χ0n) is 18.8. The van der Waals surface area contributed by atoms with E-state index in [0.717, 1.165) is 44.7 Å². The maximum Gasteiger partial charge on any atom is 0.155 e. The number of hydrogen-bond donors (Lipinski definition) is 1. The van der Waals surface area contributed by atoms with Crippen LogP contribution in [0.25, 0.3) is 33.6 Å². The van der Waals surface area contributed by atoms with Crippen LogP contribution < -0.4 is 0 Å². The van der Waals surface area contributed by atoms with Gasteiger partial charge in [0.05, 0.1) is 12.0 Å². The second-order valence-electron chi connectivity index (χ2n) is 7.64. The van der Waals surface area contributed by atoms with E-state index >= 15 is 0 Å². The van der Waals surface area contributed by atoms with Crippen LogP contribution in [0.4, 0.5) is 0 Å². The van der Waals surface area contributed by atoms with Gasteiger partial charge in [-0.3, -0.25) is 4.79 Å². The van der Waals surface area contributed by atoms with Crippen molar-refractivity contribution in [1.29, 1.82) is 0 Å². The molecule has 167 valence electrons. The molecule has 2 aromatic carbocycles. The topological polar surface area (TPSA) is 63.3 Å². The molecule has 0 fully saturated rings. The van der Waals surface area contributed by atoms with Crippen molar-refractivity contribution in [3.8, 4) is 22.6 Å². The van der Waals surface area contributed by atoms with Gasteiger partial charge in [-0.15, -0.1) is 34.9 Å². The fourth-order valence-electron chi connectivity index (χ4n) is 3.47. The van der Waals surface area contributed by atoms with Crippen molar-refractivity contribution >= 4 is 16.8 Å². The molecular weight excluding hydrogens is 579 g/mol. The first-order valence-electron chi connectivity index (χ1n) is 10.1. The Bertz CT molecular complexity index is 1230. The van der Waals surface area contributed by atoms with Crippen LogP contribution in [0.2, 0.25) is 0 Å². The summed E-state index contributed by atoms with van der Waals surface area (Å²) in [5.41, 5.74) is 7.35. The first-order chi connectivity index (χ1) is 14.7. The van der Waals surface area contributed by atoms with Gasteiger partial charge in [-0.25, -0.2) is 0 Å². The summed E-state index contributed by atoms with van der Waals surface area (Å²) in [6.45, 7) is 9.11. The molecule has 5 heteroatoms. The number of aliphatic hydroxyl groups is 1. The number of furan rings is 1. The molecule has 0 saturated carbocycles. The fourth-order valence-corrected chi connectivity index (χ4v) is 3.47. The number of rotatable bonds is 3. The van der Waals surface area contributed by atoms with E-state index in [1.54, 1.807) is 0 Å². The van der Waals surface area contributed by atoms with Gasteiger partial charge in [0.25, 0.3) is 0 Å². The van der Waals surface area contributed by atoms with Gasteiger partial charge in [-0.2, -0.15) is 0 Å². The maximum atomic E-state index is 10.0. The number of carbonyl (C=O) groups excluding carboxylic acids is 1. The number of aliphatic hydroxyl groups excluding tert-OH is 1. The molecule has 4 nitrogen and oxygen atoms in total. The van der Waals surface area contributed by atoms with Crippen molar-refractivity contribution in [1.82, 2.24) is 4.98 Å². The number of hydrogen-bond acceptors (Lipinski definition) is 4. The summed E-state index contributed by atoms with van der Waals surface area (Å²) >= 11 is 0. The van der Waals surface area contributed by atoms with Crippen LogP contribution in [-0.4, -0.2) is 15.9 Å². The Morgan fingerprint density at radius 1 is 1.06 bits per heavy atom. The monoisotopic (exact) mass is 605 g/mol. The summed E-state index contributed by atoms with van der Waals surface area (Å²) in [6.07, 6.45) is 2.98. The number of pyridine rings is 1. The van der Waals surface area contributed by atoms with E-state index in [4.69, 9.17) is 9.52 Å². The molecule has 0 atom stereocenters. The Kier molecular flexibility index (Phi) is 8.71. The number of aromatic nitrogens is 1. The minimum Gasteiger partial charge on any atom is -0.512 e. The number of allylic oxidation sites excluding steroid dienone is 2. The Hall–Kier alpha value is -3.01. The first kappa shape index (κ1) is 25.3. The smallest absolute Gasteiger partial charge is 0.155 e. The van der Waals surface area contributed by atoms with Gasteiger partial charge in [0, 0.05) is 42.7 Å². The van der Waals surface area contributed by atoms with Crippen LogP contribution in [0, 0.1) is 26.8 Å². The number of fused-ring (bicyclic) bond motifs is 1. The van der Waals surface area contributed by atoms with Gasteiger partial charge in [0.15, 0.2) is 11.4 Å². The molecule has 0 aliphatic carbocycles. The van der Waals surface area contributed by atoms with Crippen molar-refractivity contribution in [2.45, 2.75) is 34.6 Å². The Morgan fingerprint density at radius 2 is 1.75 bits per heavy atom. The van der Waals surface area contributed by atoms with Gasteiger partial charge in [0.1, 0.15) is 5.76 Å². The molecular formula is C27H26IrNO3-. The summed E-state index contributed by atoms with van der Waals surface area (Å²) in [7, 11) is 0. The van der Waals surface area contributed by atoms with E-state index in [2.05, 4.69) is 62.2 Å². The van der Waals surface area contributed by atoms with Crippen LogP contribution in [0.3, 0.4) is 0 Å². The molecule has 0 spiro atoms. The normalized spacial score (nSPS) is 10.8. The summed E-state index contributed by atoms with van der Waals surface area (Å²) in [6, 6.07) is 19.9. The molecule has 2 heterocycles. The van der Waals surface area contributed by atoms with Gasteiger partial charge < -0.3 is 14.5 Å². The average molecular weight is 605 g/mol. The molecule has 32 heavy (non-hydrogen) atoms. The van der Waals surface area contributed by atoms with E-state index in [1.807, 2.05) is 24.4 Å². The third-order valence-electron chi connectivity index (χ3n) is 4.70. The van der Waals surface area contributed by atoms with Crippen molar-refractivity contribution in [3.05, 3.63) is 89.3 Å². The number of ketones is 1. The fraction of sp³-hybridized carbons (Fsp3) is 0.185. The summed E-state index contributed by atoms with van der Waals surface area (Å²) < 4.78 is 6.05. The van der Waals surface area contributed by atoms with Gasteiger partial charge in [-0.05, 0) is 26.5 Å². The number of nitrogens with zero attached hydrogens (tertiary/aromatic N) is 1. The molecule has 0 amide bonds. The zero-order chi connectivity index (χ0) is 22.5. The quantitative estimate of drug-likeness (QED) is 0.157. The molecule has 0 bridgehead atoms. The van der Waals surface area contributed by atoms with Crippen LogP contribution in [0.1, 0.15) is 30.5 Å². The molecule has 0 aliphatic rings. The van der Waals surface area contributed by atoms with Crippen molar-refractivity contribution in [2.75, 3.05) is 0 Å². The van der Waals surface area contributed by atoms with Gasteiger partial charge in [0.2, 0.25) is 0 Å². The summed E-state index contributed by atoms with van der Waals surface area (Å²) in [4.78, 5) is 14.6. The van der Waals surface area contributed by atoms with E-state index in [-0.39, 0.29) is 31.6 Å². The van der Waals surface area contributed by atoms with Crippen LogP contribution in [0.15, 0.2) is 71.0 Å². The van der Waals surface area contributed by atoms with E-state index in [0.29, 0.717) is 0 Å². The second kappa shape index (κ2) is 11.0. The minimum atomic E-state index is -0.125. The first-order valence-corrected chi connectivity index (χ1v) is 10.1. The van der Waals surface area contributed by atoms with E-state index < -0.39 is 0 Å². The third kappa shape index (κ3) is 6.25. The molecule has 4 aromatic rings. The molecule has 2 aromatic heterocycles. The third-order valence-corrected chi connectivity index (χ3v) is 4.70. The number of benzene rings is 2. The Morgan fingerprint density at radius 3 is 2.31 bits per heavy atom. The van der Waals surface area contributed by atoms with Gasteiger partial charge in [-0.1, -0.05) is 50.2 Å². The SMILES string of the molecule is CC(=O)/C=C(/C)O.Cc1[c-]c(-c2cc3c(C)c(-c4ccccc4)oc3cn2)cc(C)c1.[Ir]. The van der Waals surface area contributed by atoms with Crippen molar-refractivity contribution in [2.24, 2.45) is 0 Å². The Labute approximate surface area is 202 Å².